The molecule has 36 heavy (non-hydrogen) atoms. The summed E-state index contributed by atoms with van der Waals surface area (Å²) in [4.78, 5) is 24.0. The number of benzene rings is 1. The number of halogens is 1. The Hall–Kier alpha value is -2.92. The molecule has 1 amide bonds. The van der Waals surface area contributed by atoms with Gasteiger partial charge in [0, 0.05) is 10.5 Å². The Labute approximate surface area is 225 Å². The van der Waals surface area contributed by atoms with E-state index in [1.54, 1.807) is 43.3 Å². The number of hydrogen-bond acceptors (Lipinski definition) is 3. The lowest BCUT2D eigenvalue weighted by Gasteiger charge is -2.13. The standard InChI is InChI=1S/C31H40BrNO3/c1-3-4-5-6-7-8-9-10-11-12-13-14-15-16-17-18-19-20-21-22-30(34)33-27(2)36-31(35)28-23-25-29(32)26-24-28/h11-27H,3-10H2,1-2H3,(H,33,34). The summed E-state index contributed by atoms with van der Waals surface area (Å²) in [6, 6.07) is 6.82. The Morgan fingerprint density at radius 2 is 1.33 bits per heavy atom. The molecule has 0 aliphatic carbocycles. The molecular weight excluding hydrogens is 514 g/mol. The van der Waals surface area contributed by atoms with Gasteiger partial charge in [-0.05, 0) is 44.0 Å². The molecule has 1 rings (SSSR count). The molecular formula is C31H40BrNO3. The molecule has 1 aromatic rings. The molecule has 0 saturated heterocycles. The number of rotatable bonds is 17. The Kier molecular flexibility index (Phi) is 18.5. The molecule has 0 spiro atoms. The fourth-order valence-electron chi connectivity index (χ4n) is 3.14. The molecule has 1 atom stereocenters. The molecule has 0 bridgehead atoms. The molecule has 1 aromatic carbocycles. The van der Waals surface area contributed by atoms with Gasteiger partial charge >= 0.3 is 5.97 Å². The zero-order chi connectivity index (χ0) is 26.3. The Balaban J connectivity index is 2.15. The number of carbonyl (C=O) groups excluding carboxylic acids is 2. The summed E-state index contributed by atoms with van der Waals surface area (Å²) < 4.78 is 6.10. The highest BCUT2D eigenvalue weighted by molar-refractivity contribution is 9.10. The Morgan fingerprint density at radius 3 is 1.94 bits per heavy atom. The van der Waals surface area contributed by atoms with Crippen LogP contribution in [-0.4, -0.2) is 18.1 Å². The summed E-state index contributed by atoms with van der Waals surface area (Å²) in [5, 5.41) is 2.60. The quantitative estimate of drug-likeness (QED) is 0.0690. The van der Waals surface area contributed by atoms with Crippen LogP contribution in [0.1, 0.15) is 75.6 Å². The molecule has 0 fully saturated rings. The van der Waals surface area contributed by atoms with Crippen LogP contribution in [0.15, 0.2) is 102 Å². The van der Waals surface area contributed by atoms with E-state index >= 15 is 0 Å². The van der Waals surface area contributed by atoms with Gasteiger partial charge < -0.3 is 10.1 Å². The first kappa shape index (κ1) is 31.1. The highest BCUT2D eigenvalue weighted by atomic mass is 79.9. The maximum absolute atomic E-state index is 12.1. The van der Waals surface area contributed by atoms with Gasteiger partial charge in [0.15, 0.2) is 6.23 Å². The zero-order valence-corrected chi connectivity index (χ0v) is 23.2. The van der Waals surface area contributed by atoms with Gasteiger partial charge in [-0.15, -0.1) is 0 Å². The zero-order valence-electron chi connectivity index (χ0n) is 21.6. The molecule has 1 unspecified atom stereocenters. The second-order valence-electron chi connectivity index (χ2n) is 8.30. The lowest BCUT2D eigenvalue weighted by Crippen LogP contribution is -2.35. The van der Waals surface area contributed by atoms with Crippen LogP contribution in [0, 0.1) is 0 Å². The van der Waals surface area contributed by atoms with Crippen molar-refractivity contribution in [2.45, 2.75) is 71.4 Å². The van der Waals surface area contributed by atoms with Crippen LogP contribution < -0.4 is 5.32 Å². The first-order chi connectivity index (χ1) is 17.5. The van der Waals surface area contributed by atoms with Crippen molar-refractivity contribution in [1.82, 2.24) is 5.32 Å². The third-order valence-electron chi connectivity index (χ3n) is 5.07. The van der Waals surface area contributed by atoms with Crippen LogP contribution in [0.2, 0.25) is 0 Å². The molecule has 0 aromatic heterocycles. The summed E-state index contributed by atoms with van der Waals surface area (Å²) in [5.74, 6) is -0.837. The predicted molar refractivity (Wildman–Crippen MR) is 155 cm³/mol. The molecule has 0 saturated carbocycles. The molecule has 4 nitrogen and oxygen atoms in total. The van der Waals surface area contributed by atoms with E-state index in [1.165, 1.54) is 51.0 Å². The van der Waals surface area contributed by atoms with E-state index in [0.29, 0.717) is 5.56 Å². The molecule has 0 radical (unpaired) electrons. The largest absolute Gasteiger partial charge is 0.438 e. The van der Waals surface area contributed by atoms with Gasteiger partial charge in [0.25, 0.3) is 0 Å². The second kappa shape index (κ2) is 21.4. The number of amides is 1. The van der Waals surface area contributed by atoms with Crippen molar-refractivity contribution in [3.63, 3.8) is 0 Å². The highest BCUT2D eigenvalue weighted by Gasteiger charge is 2.12. The SMILES string of the molecule is CCCCCCCCCC=CC=CC=CC=CC=CC=CC(=O)NC(C)OC(=O)c1ccc(Br)cc1. The summed E-state index contributed by atoms with van der Waals surface area (Å²) in [6.45, 7) is 3.86. The average molecular weight is 555 g/mol. The number of ether oxygens (including phenoxy) is 1. The van der Waals surface area contributed by atoms with E-state index in [4.69, 9.17) is 4.74 Å². The number of unbranched alkanes of at least 4 members (excludes halogenated alkanes) is 7. The smallest absolute Gasteiger partial charge is 0.340 e. The topological polar surface area (TPSA) is 55.4 Å². The van der Waals surface area contributed by atoms with Crippen molar-refractivity contribution in [3.05, 3.63) is 107 Å². The fraction of sp³-hybridized carbons (Fsp3) is 0.355. The monoisotopic (exact) mass is 553 g/mol. The molecule has 0 aliphatic rings. The minimum Gasteiger partial charge on any atom is -0.438 e. The van der Waals surface area contributed by atoms with Crippen LogP contribution in [0.25, 0.3) is 0 Å². The van der Waals surface area contributed by atoms with Crippen LogP contribution in [-0.2, 0) is 9.53 Å². The molecule has 194 valence electrons. The lowest BCUT2D eigenvalue weighted by atomic mass is 10.1. The molecule has 5 heteroatoms. The van der Waals surface area contributed by atoms with Crippen LogP contribution >= 0.6 is 15.9 Å². The third kappa shape index (κ3) is 17.5. The highest BCUT2D eigenvalue weighted by Crippen LogP contribution is 2.12. The van der Waals surface area contributed by atoms with Gasteiger partial charge in [-0.2, -0.15) is 0 Å². The minimum absolute atomic E-state index is 0.343. The molecule has 1 N–H and O–H groups in total. The van der Waals surface area contributed by atoms with E-state index in [1.807, 2.05) is 42.5 Å². The van der Waals surface area contributed by atoms with Crippen LogP contribution in [0.3, 0.4) is 0 Å². The average Bonchev–Trinajstić information content (AvgIpc) is 2.85. The third-order valence-corrected chi connectivity index (χ3v) is 5.60. The van der Waals surface area contributed by atoms with E-state index < -0.39 is 12.2 Å². The first-order valence-electron chi connectivity index (χ1n) is 12.8. The fourth-order valence-corrected chi connectivity index (χ4v) is 3.41. The van der Waals surface area contributed by atoms with Crippen molar-refractivity contribution >= 4 is 27.8 Å². The number of allylic oxidation sites excluding steroid dienone is 11. The second-order valence-corrected chi connectivity index (χ2v) is 9.22. The Morgan fingerprint density at radius 1 is 0.806 bits per heavy atom. The normalized spacial score (nSPS) is 13.2. The van der Waals surface area contributed by atoms with E-state index in [9.17, 15) is 9.59 Å². The number of nitrogens with one attached hydrogen (secondary N) is 1. The van der Waals surface area contributed by atoms with E-state index in [0.717, 1.165) is 10.9 Å². The summed E-state index contributed by atoms with van der Waals surface area (Å²) in [7, 11) is 0. The lowest BCUT2D eigenvalue weighted by molar-refractivity contribution is -0.119. The van der Waals surface area contributed by atoms with Gasteiger partial charge in [0.1, 0.15) is 0 Å². The summed E-state index contributed by atoms with van der Waals surface area (Å²) in [6.07, 6.45) is 32.5. The molecule has 0 heterocycles. The van der Waals surface area contributed by atoms with Gasteiger partial charge in [-0.1, -0.05) is 128 Å². The van der Waals surface area contributed by atoms with Crippen molar-refractivity contribution in [1.29, 1.82) is 0 Å². The van der Waals surface area contributed by atoms with Crippen molar-refractivity contribution in [3.8, 4) is 0 Å². The summed E-state index contributed by atoms with van der Waals surface area (Å²) in [5.41, 5.74) is 0.421. The number of hydrogen-bond donors (Lipinski definition) is 1. The first-order valence-corrected chi connectivity index (χ1v) is 13.6. The van der Waals surface area contributed by atoms with Gasteiger partial charge in [0.05, 0.1) is 5.56 Å². The Bertz CT molecular complexity index is 924. The van der Waals surface area contributed by atoms with Crippen molar-refractivity contribution in [2.24, 2.45) is 0 Å². The van der Waals surface area contributed by atoms with Gasteiger partial charge in [0.2, 0.25) is 5.91 Å². The number of esters is 1. The maximum Gasteiger partial charge on any atom is 0.340 e. The van der Waals surface area contributed by atoms with Gasteiger partial charge in [-0.3, -0.25) is 4.79 Å². The maximum atomic E-state index is 12.1. The van der Waals surface area contributed by atoms with Crippen molar-refractivity contribution < 1.29 is 14.3 Å². The molecule has 0 aliphatic heterocycles. The number of carbonyl (C=O) groups is 2. The predicted octanol–water partition coefficient (Wildman–Crippen LogP) is 8.55. The van der Waals surface area contributed by atoms with E-state index in [2.05, 4.69) is 40.3 Å². The minimum atomic E-state index is -0.740. The van der Waals surface area contributed by atoms with E-state index in [-0.39, 0.29) is 5.91 Å². The summed E-state index contributed by atoms with van der Waals surface area (Å²) >= 11 is 3.32. The van der Waals surface area contributed by atoms with Crippen molar-refractivity contribution in [2.75, 3.05) is 0 Å². The van der Waals surface area contributed by atoms with Crippen LogP contribution in [0.5, 0.6) is 0 Å². The van der Waals surface area contributed by atoms with Gasteiger partial charge in [-0.25, -0.2) is 4.79 Å². The van der Waals surface area contributed by atoms with Crippen LogP contribution in [0.4, 0.5) is 0 Å².